The normalized spacial score (nSPS) is 17.4. The number of fused-ring (bicyclic) bond motifs is 1. The third-order valence-electron chi connectivity index (χ3n) is 4.14. The van der Waals surface area contributed by atoms with Gasteiger partial charge < -0.3 is 19.1 Å². The lowest BCUT2D eigenvalue weighted by Crippen LogP contribution is -2.40. The molecule has 1 aromatic heterocycles. The first-order valence-electron chi connectivity index (χ1n) is 8.35. The molecule has 2 heterocycles. The van der Waals surface area contributed by atoms with Gasteiger partial charge in [0.15, 0.2) is 0 Å². The molecule has 132 valence electrons. The van der Waals surface area contributed by atoms with E-state index in [0.29, 0.717) is 31.2 Å². The molecule has 1 amide bonds. The summed E-state index contributed by atoms with van der Waals surface area (Å²) < 4.78 is 6.94. The average molecular weight is 334 g/mol. The van der Waals surface area contributed by atoms with E-state index in [1.54, 1.807) is 17.9 Å². The molecule has 0 fully saturated rings. The maximum Gasteiger partial charge on any atom is 0.356 e. The van der Waals surface area contributed by atoms with E-state index in [9.17, 15) is 9.59 Å². The smallest absolute Gasteiger partial charge is 0.356 e. The number of esters is 1. The Hall–Kier alpha value is -2.15. The second-order valence-electron chi connectivity index (χ2n) is 5.98. The molecule has 0 spiro atoms. The zero-order valence-corrected chi connectivity index (χ0v) is 14.9. The molecule has 0 aromatic carbocycles. The summed E-state index contributed by atoms with van der Waals surface area (Å²) in [6.07, 6.45) is 5.02. The largest absolute Gasteiger partial charge is 0.461 e. The fourth-order valence-corrected chi connectivity index (χ4v) is 2.74. The number of carbonyl (C=O) groups is 2. The lowest BCUT2D eigenvalue weighted by molar-refractivity contribution is -0.128. The Balaban J connectivity index is 2.07. The van der Waals surface area contributed by atoms with Gasteiger partial charge in [-0.3, -0.25) is 4.79 Å². The van der Waals surface area contributed by atoms with Crippen LogP contribution in [0, 0.1) is 0 Å². The maximum absolute atomic E-state index is 12.4. The van der Waals surface area contributed by atoms with Crippen molar-refractivity contribution in [2.75, 3.05) is 33.3 Å². The van der Waals surface area contributed by atoms with Gasteiger partial charge in [-0.1, -0.05) is 13.0 Å². The quantitative estimate of drug-likeness (QED) is 0.582. The summed E-state index contributed by atoms with van der Waals surface area (Å²) in [6.45, 7) is 8.78. The molecule has 2 rings (SSSR count). The van der Waals surface area contributed by atoms with E-state index in [-0.39, 0.29) is 17.9 Å². The van der Waals surface area contributed by atoms with Gasteiger partial charge in [0.1, 0.15) is 11.5 Å². The molecule has 0 aliphatic carbocycles. The van der Waals surface area contributed by atoms with Gasteiger partial charge >= 0.3 is 5.97 Å². The van der Waals surface area contributed by atoms with Gasteiger partial charge in [0.25, 0.3) is 0 Å². The standard InChI is InChI=1S/C17H26N4O3/c1-5-19(4)9-7-8-16(22)20-11-13(3)21-14(17(23)24-6-2)10-18-15(21)12-20/h7-8,10,13H,5-6,9,11-12H2,1-4H3/b8-7+/t13-/m0/s1. The van der Waals surface area contributed by atoms with Crippen LogP contribution >= 0.6 is 0 Å². The second-order valence-corrected chi connectivity index (χ2v) is 5.98. The molecule has 1 aromatic rings. The highest BCUT2D eigenvalue weighted by atomic mass is 16.5. The Morgan fingerprint density at radius 1 is 1.46 bits per heavy atom. The average Bonchev–Trinajstić information content (AvgIpc) is 2.99. The first kappa shape index (κ1) is 18.2. The van der Waals surface area contributed by atoms with Gasteiger partial charge in [-0.25, -0.2) is 9.78 Å². The third-order valence-corrected chi connectivity index (χ3v) is 4.14. The number of amides is 1. The molecule has 0 saturated heterocycles. The van der Waals surface area contributed by atoms with Crippen molar-refractivity contribution in [3.63, 3.8) is 0 Å². The monoisotopic (exact) mass is 334 g/mol. The van der Waals surface area contributed by atoms with Crippen LogP contribution in [0.2, 0.25) is 0 Å². The van der Waals surface area contributed by atoms with E-state index in [4.69, 9.17) is 4.74 Å². The van der Waals surface area contributed by atoms with Crippen molar-refractivity contribution < 1.29 is 14.3 Å². The molecule has 0 N–H and O–H groups in total. The zero-order chi connectivity index (χ0) is 17.7. The van der Waals surface area contributed by atoms with Gasteiger partial charge in [-0.15, -0.1) is 0 Å². The van der Waals surface area contributed by atoms with Crippen LogP contribution in [0.5, 0.6) is 0 Å². The molecule has 1 aliphatic heterocycles. The van der Waals surface area contributed by atoms with Crippen LogP contribution < -0.4 is 0 Å². The van der Waals surface area contributed by atoms with E-state index in [0.717, 1.165) is 13.1 Å². The Bertz CT molecular complexity index is 623. The van der Waals surface area contributed by atoms with Crippen LogP contribution in [-0.4, -0.2) is 64.5 Å². The Morgan fingerprint density at radius 3 is 2.88 bits per heavy atom. The highest BCUT2D eigenvalue weighted by Gasteiger charge is 2.29. The van der Waals surface area contributed by atoms with Crippen LogP contribution in [0.4, 0.5) is 0 Å². The minimum Gasteiger partial charge on any atom is -0.461 e. The Kier molecular flexibility index (Phi) is 6.14. The van der Waals surface area contributed by atoms with E-state index in [2.05, 4.69) is 16.8 Å². The fraction of sp³-hybridized carbons (Fsp3) is 0.588. The minimum absolute atomic E-state index is 0.0219. The number of nitrogens with zero attached hydrogens (tertiary/aromatic N) is 4. The van der Waals surface area contributed by atoms with E-state index < -0.39 is 0 Å². The highest BCUT2D eigenvalue weighted by molar-refractivity contribution is 5.89. The fourth-order valence-electron chi connectivity index (χ4n) is 2.74. The lowest BCUT2D eigenvalue weighted by atomic mass is 10.2. The van der Waals surface area contributed by atoms with Crippen LogP contribution in [0.1, 0.15) is 43.1 Å². The Labute approximate surface area is 142 Å². The SMILES string of the molecule is CCOC(=O)c1cnc2n1[C@@H](C)CN(C(=O)/C=C/CN(C)CC)C2. The van der Waals surface area contributed by atoms with Crippen molar-refractivity contribution in [2.45, 2.75) is 33.4 Å². The van der Waals surface area contributed by atoms with Gasteiger partial charge in [-0.2, -0.15) is 0 Å². The van der Waals surface area contributed by atoms with Gasteiger partial charge in [-0.05, 0) is 27.4 Å². The summed E-state index contributed by atoms with van der Waals surface area (Å²) in [5.41, 5.74) is 0.451. The number of rotatable bonds is 6. The van der Waals surface area contributed by atoms with E-state index >= 15 is 0 Å². The maximum atomic E-state index is 12.4. The number of imidazole rings is 1. The number of hydrogen-bond donors (Lipinski definition) is 0. The van der Waals surface area contributed by atoms with Gasteiger partial charge in [0.05, 0.1) is 25.4 Å². The van der Waals surface area contributed by atoms with Crippen molar-refractivity contribution in [1.29, 1.82) is 0 Å². The van der Waals surface area contributed by atoms with Crippen molar-refractivity contribution in [1.82, 2.24) is 19.4 Å². The summed E-state index contributed by atoms with van der Waals surface area (Å²) in [5, 5.41) is 0. The third kappa shape index (κ3) is 4.03. The molecule has 7 nitrogen and oxygen atoms in total. The predicted octanol–water partition coefficient (Wildman–Crippen LogP) is 1.47. The molecule has 1 atom stereocenters. The van der Waals surface area contributed by atoms with E-state index in [1.807, 2.05) is 24.6 Å². The summed E-state index contributed by atoms with van der Waals surface area (Å²) in [4.78, 5) is 32.5. The highest BCUT2D eigenvalue weighted by Crippen LogP contribution is 2.23. The van der Waals surface area contributed by atoms with Crippen LogP contribution in [0.25, 0.3) is 0 Å². The first-order chi connectivity index (χ1) is 11.5. The summed E-state index contributed by atoms with van der Waals surface area (Å²) in [5.74, 6) is 0.313. The Morgan fingerprint density at radius 2 is 2.21 bits per heavy atom. The van der Waals surface area contributed by atoms with Crippen molar-refractivity contribution in [3.8, 4) is 0 Å². The molecular formula is C17H26N4O3. The number of ether oxygens (including phenoxy) is 1. The van der Waals surface area contributed by atoms with Crippen molar-refractivity contribution in [2.24, 2.45) is 0 Å². The predicted molar refractivity (Wildman–Crippen MR) is 90.6 cm³/mol. The molecular weight excluding hydrogens is 308 g/mol. The number of aromatic nitrogens is 2. The summed E-state index contributed by atoms with van der Waals surface area (Å²) >= 11 is 0. The molecule has 0 saturated carbocycles. The number of hydrogen-bond acceptors (Lipinski definition) is 5. The molecule has 1 aliphatic rings. The topological polar surface area (TPSA) is 67.7 Å². The molecule has 0 unspecified atom stereocenters. The molecule has 24 heavy (non-hydrogen) atoms. The zero-order valence-electron chi connectivity index (χ0n) is 14.9. The van der Waals surface area contributed by atoms with Crippen molar-refractivity contribution in [3.05, 3.63) is 29.9 Å². The van der Waals surface area contributed by atoms with E-state index in [1.165, 1.54) is 6.20 Å². The minimum atomic E-state index is -0.370. The number of likely N-dealkylation sites (N-methyl/N-ethyl adjacent to an activating group) is 1. The molecule has 0 bridgehead atoms. The molecule has 0 radical (unpaired) electrons. The molecule has 7 heteroatoms. The van der Waals surface area contributed by atoms with Gasteiger partial charge in [0.2, 0.25) is 5.91 Å². The first-order valence-corrected chi connectivity index (χ1v) is 8.35. The van der Waals surface area contributed by atoms with Crippen LogP contribution in [0.3, 0.4) is 0 Å². The number of carbonyl (C=O) groups excluding carboxylic acids is 2. The summed E-state index contributed by atoms with van der Waals surface area (Å²) in [6, 6.07) is -0.0219. The van der Waals surface area contributed by atoms with Crippen LogP contribution in [0.15, 0.2) is 18.3 Å². The lowest BCUT2D eigenvalue weighted by Gasteiger charge is -2.32. The van der Waals surface area contributed by atoms with Crippen molar-refractivity contribution >= 4 is 11.9 Å². The van der Waals surface area contributed by atoms with Crippen LogP contribution in [-0.2, 0) is 16.1 Å². The van der Waals surface area contributed by atoms with Gasteiger partial charge in [0, 0.05) is 19.2 Å². The second kappa shape index (κ2) is 8.10. The summed E-state index contributed by atoms with van der Waals surface area (Å²) in [7, 11) is 2.01.